The minimum absolute atomic E-state index is 0.0850. The molecule has 1 aliphatic carbocycles. The van der Waals surface area contributed by atoms with E-state index in [1.807, 2.05) is 20.8 Å². The highest BCUT2D eigenvalue weighted by molar-refractivity contribution is 5.70. The number of carbonyl (C=O) groups is 1. The number of carbonyl (C=O) groups excluding carboxylic acids is 1. The van der Waals surface area contributed by atoms with Gasteiger partial charge >= 0.3 is 5.97 Å². The minimum Gasteiger partial charge on any atom is -0.460 e. The zero-order chi connectivity index (χ0) is 21.8. The monoisotopic (exact) mass is 423 g/mol. The van der Waals surface area contributed by atoms with Crippen LogP contribution in [0.3, 0.4) is 0 Å². The maximum Gasteiger partial charge on any atom is 0.307 e. The van der Waals surface area contributed by atoms with Gasteiger partial charge in [-0.2, -0.15) is 4.98 Å². The van der Waals surface area contributed by atoms with Crippen LogP contribution in [0.4, 0.5) is 0 Å². The summed E-state index contributed by atoms with van der Waals surface area (Å²) in [6.07, 6.45) is 11.2. The van der Waals surface area contributed by atoms with Crippen LogP contribution in [0.25, 0.3) is 0 Å². The number of nitrogens with zero attached hydrogens (tertiary/aromatic N) is 2. The molecule has 0 unspecified atom stereocenters. The second-order valence-electron chi connectivity index (χ2n) is 9.49. The second-order valence-corrected chi connectivity index (χ2v) is 9.49. The summed E-state index contributed by atoms with van der Waals surface area (Å²) in [5.41, 5.74) is -0.490. The molecule has 0 bridgehead atoms. The molecule has 1 aromatic heterocycles. The van der Waals surface area contributed by atoms with Crippen molar-refractivity contribution in [2.24, 2.45) is 5.92 Å². The van der Waals surface area contributed by atoms with Gasteiger partial charge in [-0.1, -0.05) is 50.1 Å². The van der Waals surface area contributed by atoms with Crippen LogP contribution < -0.4 is 5.32 Å². The zero-order valence-electron chi connectivity index (χ0n) is 19.4. The number of esters is 1. The first-order valence-corrected chi connectivity index (χ1v) is 11.6. The van der Waals surface area contributed by atoms with E-state index >= 15 is 0 Å². The van der Waals surface area contributed by atoms with Crippen molar-refractivity contribution in [1.29, 1.82) is 0 Å². The smallest absolute Gasteiger partial charge is 0.307 e. The van der Waals surface area contributed by atoms with Gasteiger partial charge in [0, 0.05) is 19.6 Å². The van der Waals surface area contributed by atoms with E-state index in [1.165, 1.54) is 38.5 Å². The topological polar surface area (TPSA) is 86.5 Å². The van der Waals surface area contributed by atoms with Crippen LogP contribution in [0, 0.1) is 5.92 Å². The average molecular weight is 424 g/mol. The Labute approximate surface area is 181 Å². The average Bonchev–Trinajstić information content (AvgIpc) is 3.15. The molecule has 1 aliphatic rings. The van der Waals surface area contributed by atoms with Gasteiger partial charge in [0.15, 0.2) is 5.82 Å². The Morgan fingerprint density at radius 3 is 2.70 bits per heavy atom. The largest absolute Gasteiger partial charge is 0.460 e. The molecule has 0 aromatic carbocycles. The van der Waals surface area contributed by atoms with Gasteiger partial charge in [-0.25, -0.2) is 0 Å². The molecule has 1 atom stereocenters. The summed E-state index contributed by atoms with van der Waals surface area (Å²) in [5, 5.41) is 7.39. The number of aromatic nitrogens is 2. The molecule has 172 valence electrons. The first-order valence-electron chi connectivity index (χ1n) is 11.6. The van der Waals surface area contributed by atoms with Crippen LogP contribution in [0.2, 0.25) is 0 Å². The fourth-order valence-corrected chi connectivity index (χ4v) is 4.07. The molecule has 30 heavy (non-hydrogen) atoms. The van der Waals surface area contributed by atoms with E-state index in [9.17, 15) is 4.79 Å². The Hall–Kier alpha value is -1.47. The van der Waals surface area contributed by atoms with Crippen molar-refractivity contribution in [3.05, 3.63) is 11.7 Å². The summed E-state index contributed by atoms with van der Waals surface area (Å²) >= 11 is 0. The SMILES string of the molecule is COCCCNCc1noc([C@H](CCCC2CCCCC2)CC(=O)OC(C)(C)C)n1. The Bertz CT molecular complexity index is 606. The summed E-state index contributed by atoms with van der Waals surface area (Å²) in [5.74, 6) is 1.72. The molecule has 1 N–H and O–H groups in total. The van der Waals surface area contributed by atoms with Gasteiger partial charge in [-0.3, -0.25) is 4.79 Å². The lowest BCUT2D eigenvalue weighted by molar-refractivity contribution is -0.155. The standard InChI is InChI=1S/C23H41N3O4/c1-23(2,3)29-21(27)16-19(13-8-12-18-10-6-5-7-11-18)22-25-20(26-30-22)17-24-14-9-15-28-4/h18-19,24H,5-17H2,1-4H3/t19-/m1/s1. The van der Waals surface area contributed by atoms with Crippen molar-refractivity contribution in [2.75, 3.05) is 20.3 Å². The van der Waals surface area contributed by atoms with Gasteiger partial charge in [-0.05, 0) is 46.1 Å². The Morgan fingerprint density at radius 1 is 1.23 bits per heavy atom. The number of ether oxygens (including phenoxy) is 2. The molecular weight excluding hydrogens is 382 g/mol. The number of hydrogen-bond acceptors (Lipinski definition) is 7. The number of nitrogens with one attached hydrogen (secondary N) is 1. The second kappa shape index (κ2) is 13.1. The summed E-state index contributed by atoms with van der Waals surface area (Å²) in [4.78, 5) is 17.0. The lowest BCUT2D eigenvalue weighted by Crippen LogP contribution is -2.25. The van der Waals surface area contributed by atoms with Crippen molar-refractivity contribution in [3.63, 3.8) is 0 Å². The molecular formula is C23H41N3O4. The molecule has 2 rings (SSSR count). The predicted molar refractivity (Wildman–Crippen MR) is 116 cm³/mol. The molecule has 7 nitrogen and oxygen atoms in total. The van der Waals surface area contributed by atoms with Gasteiger partial charge in [0.05, 0.1) is 13.0 Å². The van der Waals surface area contributed by atoms with Crippen molar-refractivity contribution in [1.82, 2.24) is 15.5 Å². The van der Waals surface area contributed by atoms with Gasteiger partial charge in [0.25, 0.3) is 0 Å². The lowest BCUT2D eigenvalue weighted by atomic mass is 9.84. The lowest BCUT2D eigenvalue weighted by Gasteiger charge is -2.23. The number of rotatable bonds is 13. The maximum atomic E-state index is 12.5. The summed E-state index contributed by atoms with van der Waals surface area (Å²) in [7, 11) is 1.70. The number of methoxy groups -OCH3 is 1. The Morgan fingerprint density at radius 2 is 2.00 bits per heavy atom. The highest BCUT2D eigenvalue weighted by Crippen LogP contribution is 2.31. The van der Waals surface area contributed by atoms with Crippen molar-refractivity contribution in [3.8, 4) is 0 Å². The van der Waals surface area contributed by atoms with Crippen LogP contribution in [-0.2, 0) is 20.8 Å². The molecule has 0 amide bonds. The molecule has 1 fully saturated rings. The highest BCUT2D eigenvalue weighted by atomic mass is 16.6. The van der Waals surface area contributed by atoms with Crippen LogP contribution >= 0.6 is 0 Å². The minimum atomic E-state index is -0.490. The van der Waals surface area contributed by atoms with E-state index in [0.717, 1.165) is 38.3 Å². The normalized spacial score (nSPS) is 16.5. The van der Waals surface area contributed by atoms with Crippen LogP contribution in [-0.4, -0.2) is 42.0 Å². The van der Waals surface area contributed by atoms with E-state index in [-0.39, 0.29) is 18.3 Å². The van der Waals surface area contributed by atoms with E-state index < -0.39 is 5.60 Å². The van der Waals surface area contributed by atoms with Crippen LogP contribution in [0.15, 0.2) is 4.52 Å². The zero-order valence-corrected chi connectivity index (χ0v) is 19.4. The van der Waals surface area contributed by atoms with Crippen LogP contribution in [0.5, 0.6) is 0 Å². The maximum absolute atomic E-state index is 12.5. The molecule has 7 heteroatoms. The predicted octanol–water partition coefficient (Wildman–Crippen LogP) is 4.76. The summed E-state index contributed by atoms with van der Waals surface area (Å²) in [6.45, 7) is 7.79. The fraction of sp³-hybridized carbons (Fsp3) is 0.870. The third-order valence-corrected chi connectivity index (χ3v) is 5.54. The third kappa shape index (κ3) is 10.0. The van der Waals surface area contributed by atoms with Gasteiger partial charge in [0.1, 0.15) is 5.60 Å². The molecule has 0 saturated heterocycles. The van der Waals surface area contributed by atoms with Gasteiger partial charge < -0.3 is 19.3 Å². The number of hydrogen-bond donors (Lipinski definition) is 1. The quantitative estimate of drug-likeness (QED) is 0.361. The third-order valence-electron chi connectivity index (χ3n) is 5.54. The van der Waals surface area contributed by atoms with E-state index in [4.69, 9.17) is 14.0 Å². The van der Waals surface area contributed by atoms with Crippen molar-refractivity contribution in [2.45, 2.75) is 103 Å². The Kier molecular flexibility index (Phi) is 10.8. The highest BCUT2D eigenvalue weighted by Gasteiger charge is 2.26. The molecule has 1 heterocycles. The fourth-order valence-electron chi connectivity index (χ4n) is 4.07. The van der Waals surface area contributed by atoms with E-state index in [2.05, 4.69) is 15.5 Å². The molecule has 0 aliphatic heterocycles. The molecule has 1 saturated carbocycles. The summed E-state index contributed by atoms with van der Waals surface area (Å²) in [6, 6.07) is 0. The van der Waals surface area contributed by atoms with Crippen molar-refractivity contribution < 1.29 is 18.8 Å². The van der Waals surface area contributed by atoms with Crippen molar-refractivity contribution >= 4 is 5.97 Å². The molecule has 0 spiro atoms. The molecule has 0 radical (unpaired) electrons. The van der Waals surface area contributed by atoms with Gasteiger partial charge in [0.2, 0.25) is 5.89 Å². The van der Waals surface area contributed by atoms with Gasteiger partial charge in [-0.15, -0.1) is 0 Å². The summed E-state index contributed by atoms with van der Waals surface area (Å²) < 4.78 is 16.1. The first-order chi connectivity index (χ1) is 14.4. The van der Waals surface area contributed by atoms with E-state index in [0.29, 0.717) is 18.3 Å². The molecule has 1 aromatic rings. The Balaban J connectivity index is 1.89. The first kappa shape index (κ1) is 24.8. The van der Waals surface area contributed by atoms with E-state index in [1.54, 1.807) is 7.11 Å². The van der Waals surface area contributed by atoms with Crippen LogP contribution in [0.1, 0.15) is 103 Å².